The largest absolute Gasteiger partial charge is 0.478 e. The van der Waals surface area contributed by atoms with E-state index in [2.05, 4.69) is 6.92 Å². The summed E-state index contributed by atoms with van der Waals surface area (Å²) in [7, 11) is 0. The van der Waals surface area contributed by atoms with Crippen molar-refractivity contribution in [1.82, 2.24) is 0 Å². The summed E-state index contributed by atoms with van der Waals surface area (Å²) in [5.41, 5.74) is 2.14. The lowest BCUT2D eigenvalue weighted by molar-refractivity contribution is -0.145. The number of carboxylic acid groups (broad SMARTS) is 1. The van der Waals surface area contributed by atoms with Crippen LogP contribution in [0.1, 0.15) is 18.1 Å². The first-order valence-corrected chi connectivity index (χ1v) is 7.19. The predicted octanol–water partition coefficient (Wildman–Crippen LogP) is 3.98. The van der Waals surface area contributed by atoms with E-state index in [4.69, 9.17) is 16.3 Å². The van der Waals surface area contributed by atoms with Crippen molar-refractivity contribution in [2.24, 2.45) is 0 Å². The zero-order chi connectivity index (χ0) is 15.2. The second kappa shape index (κ2) is 7.14. The molecule has 1 atom stereocenters. The van der Waals surface area contributed by atoms with E-state index in [9.17, 15) is 9.90 Å². The summed E-state index contributed by atoms with van der Waals surface area (Å²) in [4.78, 5) is 11.4. The summed E-state index contributed by atoms with van der Waals surface area (Å²) in [5, 5.41) is 9.95. The number of carbonyl (C=O) groups is 1. The lowest BCUT2D eigenvalue weighted by atomic mass is 10.00. The maximum absolute atomic E-state index is 11.4. The third-order valence-electron chi connectivity index (χ3n) is 3.27. The van der Waals surface area contributed by atoms with Crippen LogP contribution in [-0.2, 0) is 17.6 Å². The number of hydrogen-bond donors (Lipinski definition) is 1. The van der Waals surface area contributed by atoms with Gasteiger partial charge in [-0.2, -0.15) is 0 Å². The Hall–Kier alpha value is -2.00. The molecular formula is C17H17ClO3. The normalized spacial score (nSPS) is 11.9. The van der Waals surface area contributed by atoms with E-state index in [1.807, 2.05) is 24.3 Å². The van der Waals surface area contributed by atoms with E-state index < -0.39 is 12.1 Å². The molecule has 2 aromatic rings. The van der Waals surface area contributed by atoms with E-state index in [0.717, 1.165) is 17.5 Å². The van der Waals surface area contributed by atoms with Crippen molar-refractivity contribution in [3.63, 3.8) is 0 Å². The molecule has 0 spiro atoms. The van der Waals surface area contributed by atoms with Crippen molar-refractivity contribution < 1.29 is 14.6 Å². The predicted molar refractivity (Wildman–Crippen MR) is 83.0 cm³/mol. The van der Waals surface area contributed by atoms with Gasteiger partial charge in [0, 0.05) is 11.4 Å². The molecule has 2 rings (SSSR count). The molecule has 0 radical (unpaired) electrons. The fourth-order valence-corrected chi connectivity index (χ4v) is 2.28. The Balaban J connectivity index is 2.16. The van der Waals surface area contributed by atoms with Gasteiger partial charge in [-0.25, -0.2) is 4.79 Å². The minimum Gasteiger partial charge on any atom is -0.478 e. The molecule has 0 saturated heterocycles. The molecule has 0 heterocycles. The smallest absolute Gasteiger partial charge is 0.345 e. The first-order valence-electron chi connectivity index (χ1n) is 6.82. The van der Waals surface area contributed by atoms with Gasteiger partial charge in [-0.15, -0.1) is 0 Å². The van der Waals surface area contributed by atoms with Crippen molar-refractivity contribution in [2.75, 3.05) is 0 Å². The minimum absolute atomic E-state index is 0.335. The summed E-state index contributed by atoms with van der Waals surface area (Å²) in [6, 6.07) is 14.5. The van der Waals surface area contributed by atoms with Gasteiger partial charge >= 0.3 is 5.97 Å². The maximum atomic E-state index is 11.4. The number of rotatable bonds is 6. The Morgan fingerprint density at radius 1 is 1.14 bits per heavy atom. The third kappa shape index (κ3) is 4.23. The number of ether oxygens (including phenoxy) is 1. The Morgan fingerprint density at radius 2 is 1.76 bits per heavy atom. The highest BCUT2D eigenvalue weighted by Crippen LogP contribution is 2.19. The second-order valence-corrected chi connectivity index (χ2v) is 5.16. The van der Waals surface area contributed by atoms with Gasteiger partial charge in [0.2, 0.25) is 0 Å². The highest BCUT2D eigenvalue weighted by atomic mass is 35.5. The van der Waals surface area contributed by atoms with Crippen LogP contribution in [0.3, 0.4) is 0 Å². The molecule has 110 valence electrons. The molecule has 0 amide bonds. The average Bonchev–Trinajstić information content (AvgIpc) is 2.49. The van der Waals surface area contributed by atoms with Crippen LogP contribution in [0.25, 0.3) is 0 Å². The number of halogens is 1. The summed E-state index contributed by atoms with van der Waals surface area (Å²) < 4.78 is 5.58. The van der Waals surface area contributed by atoms with Crippen LogP contribution in [0.15, 0.2) is 48.5 Å². The topological polar surface area (TPSA) is 46.5 Å². The van der Waals surface area contributed by atoms with E-state index in [0.29, 0.717) is 17.2 Å². The quantitative estimate of drug-likeness (QED) is 0.878. The Bertz CT molecular complexity index is 608. The number of carboxylic acids is 1. The number of hydrogen-bond acceptors (Lipinski definition) is 2. The highest BCUT2D eigenvalue weighted by molar-refractivity contribution is 6.30. The SMILES string of the molecule is CCc1ccccc1C[C@H](Oc1ccc(Cl)cc1)C(=O)O. The van der Waals surface area contributed by atoms with Gasteiger partial charge in [0.25, 0.3) is 0 Å². The Labute approximate surface area is 129 Å². The molecule has 2 aromatic carbocycles. The highest BCUT2D eigenvalue weighted by Gasteiger charge is 2.21. The van der Waals surface area contributed by atoms with Gasteiger partial charge in [-0.1, -0.05) is 42.8 Å². The minimum atomic E-state index is -0.976. The van der Waals surface area contributed by atoms with Gasteiger partial charge in [-0.05, 0) is 41.8 Å². The van der Waals surface area contributed by atoms with Crippen molar-refractivity contribution in [3.05, 3.63) is 64.7 Å². The summed E-state index contributed by atoms with van der Waals surface area (Å²) in [6.07, 6.45) is 0.282. The lowest BCUT2D eigenvalue weighted by Crippen LogP contribution is -2.29. The van der Waals surface area contributed by atoms with Crippen molar-refractivity contribution in [1.29, 1.82) is 0 Å². The van der Waals surface area contributed by atoms with Crippen molar-refractivity contribution in [2.45, 2.75) is 25.9 Å². The molecule has 0 aliphatic carbocycles. The van der Waals surface area contributed by atoms with Crippen LogP contribution in [0.5, 0.6) is 5.75 Å². The van der Waals surface area contributed by atoms with Crippen LogP contribution < -0.4 is 4.74 Å². The molecule has 0 bridgehead atoms. The van der Waals surface area contributed by atoms with E-state index in [1.54, 1.807) is 24.3 Å². The fourth-order valence-electron chi connectivity index (χ4n) is 2.16. The standard InChI is InChI=1S/C17H17ClO3/c1-2-12-5-3-4-6-13(12)11-16(17(19)20)21-15-9-7-14(18)8-10-15/h3-10,16H,2,11H2,1H3,(H,19,20)/t16-/m0/s1. The summed E-state index contributed by atoms with van der Waals surface area (Å²) >= 11 is 5.81. The third-order valence-corrected chi connectivity index (χ3v) is 3.52. The molecule has 1 N–H and O–H groups in total. The second-order valence-electron chi connectivity index (χ2n) is 4.73. The average molecular weight is 305 g/mol. The molecule has 0 aliphatic rings. The van der Waals surface area contributed by atoms with Gasteiger partial charge in [0.05, 0.1) is 0 Å². The molecule has 0 fully saturated rings. The molecule has 3 nitrogen and oxygen atoms in total. The summed E-state index contributed by atoms with van der Waals surface area (Å²) in [5.74, 6) is -0.475. The van der Waals surface area contributed by atoms with Gasteiger partial charge in [-0.3, -0.25) is 0 Å². The zero-order valence-electron chi connectivity index (χ0n) is 11.8. The van der Waals surface area contributed by atoms with E-state index >= 15 is 0 Å². The van der Waals surface area contributed by atoms with Crippen LogP contribution in [0.4, 0.5) is 0 Å². The van der Waals surface area contributed by atoms with Crippen LogP contribution >= 0.6 is 11.6 Å². The molecule has 0 unspecified atom stereocenters. The van der Waals surface area contributed by atoms with Crippen LogP contribution in [-0.4, -0.2) is 17.2 Å². The van der Waals surface area contributed by atoms with Crippen molar-refractivity contribution >= 4 is 17.6 Å². The Kier molecular flexibility index (Phi) is 5.23. The number of aliphatic carboxylic acids is 1. The molecule has 0 aromatic heterocycles. The molecule has 0 saturated carbocycles. The molecule has 4 heteroatoms. The first-order chi connectivity index (χ1) is 10.1. The number of aryl methyl sites for hydroxylation is 1. The Morgan fingerprint density at radius 3 is 2.33 bits per heavy atom. The van der Waals surface area contributed by atoms with Gasteiger partial charge in [0.1, 0.15) is 5.75 Å². The van der Waals surface area contributed by atoms with E-state index in [1.165, 1.54) is 0 Å². The van der Waals surface area contributed by atoms with E-state index in [-0.39, 0.29) is 0 Å². The fraction of sp³-hybridized carbons (Fsp3) is 0.235. The lowest BCUT2D eigenvalue weighted by Gasteiger charge is -2.17. The monoisotopic (exact) mass is 304 g/mol. The zero-order valence-corrected chi connectivity index (χ0v) is 12.5. The molecular weight excluding hydrogens is 288 g/mol. The van der Waals surface area contributed by atoms with Crippen molar-refractivity contribution in [3.8, 4) is 5.75 Å². The van der Waals surface area contributed by atoms with Crippen LogP contribution in [0.2, 0.25) is 5.02 Å². The van der Waals surface area contributed by atoms with Crippen LogP contribution in [0, 0.1) is 0 Å². The maximum Gasteiger partial charge on any atom is 0.345 e. The number of benzene rings is 2. The molecule has 21 heavy (non-hydrogen) atoms. The van der Waals surface area contributed by atoms with Gasteiger partial charge in [0.15, 0.2) is 6.10 Å². The molecule has 0 aliphatic heterocycles. The first kappa shape index (κ1) is 15.4. The summed E-state index contributed by atoms with van der Waals surface area (Å²) in [6.45, 7) is 2.05. The van der Waals surface area contributed by atoms with Gasteiger partial charge < -0.3 is 9.84 Å².